The first-order valence-electron chi connectivity index (χ1n) is 6.68. The number of hydrogen-bond acceptors (Lipinski definition) is 3. The van der Waals surface area contributed by atoms with Crippen LogP contribution in [0.1, 0.15) is 36.3 Å². The largest absolute Gasteiger partial charge is 0.357 e. The van der Waals surface area contributed by atoms with Gasteiger partial charge in [0.05, 0.1) is 10.7 Å². The summed E-state index contributed by atoms with van der Waals surface area (Å²) in [7, 11) is 0. The fraction of sp³-hybridized carbons (Fsp3) is 0.692. The fourth-order valence-corrected chi connectivity index (χ4v) is 2.71. The van der Waals surface area contributed by atoms with Gasteiger partial charge in [-0.2, -0.15) is 0 Å². The van der Waals surface area contributed by atoms with Gasteiger partial charge in [-0.3, -0.25) is 4.99 Å². The molecule has 0 spiro atoms. The number of nitrogens with one attached hydrogen (secondary N) is 2. The van der Waals surface area contributed by atoms with E-state index in [2.05, 4.69) is 48.3 Å². The van der Waals surface area contributed by atoms with E-state index in [0.29, 0.717) is 0 Å². The molecule has 0 aliphatic rings. The van der Waals surface area contributed by atoms with E-state index < -0.39 is 0 Å². The molecule has 0 atom stereocenters. The molecule has 0 saturated carbocycles. The summed E-state index contributed by atoms with van der Waals surface area (Å²) in [6, 6.07) is 0. The molecular weight excluding hydrogens is 244 g/mol. The molecule has 1 aromatic heterocycles. The second-order valence-corrected chi connectivity index (χ2v) is 5.29. The van der Waals surface area contributed by atoms with Crippen LogP contribution in [0.2, 0.25) is 0 Å². The maximum absolute atomic E-state index is 4.63. The molecular formula is C13H24N4S. The van der Waals surface area contributed by atoms with Gasteiger partial charge in [-0.15, -0.1) is 11.3 Å². The third-order valence-corrected chi connectivity index (χ3v) is 3.63. The number of rotatable bonds is 6. The summed E-state index contributed by atoms with van der Waals surface area (Å²) in [5.41, 5.74) is 1.23. The number of aromatic nitrogens is 1. The topological polar surface area (TPSA) is 49.3 Å². The summed E-state index contributed by atoms with van der Waals surface area (Å²) in [5.74, 6) is 0.893. The van der Waals surface area contributed by atoms with Crippen LogP contribution in [0.4, 0.5) is 0 Å². The van der Waals surface area contributed by atoms with Crippen molar-refractivity contribution in [2.24, 2.45) is 4.99 Å². The van der Waals surface area contributed by atoms with Crippen LogP contribution in [0.5, 0.6) is 0 Å². The Kier molecular flexibility index (Phi) is 6.72. The summed E-state index contributed by atoms with van der Waals surface area (Å²) < 4.78 is 0. The second kappa shape index (κ2) is 8.08. The van der Waals surface area contributed by atoms with Crippen molar-refractivity contribution in [1.29, 1.82) is 0 Å². The molecule has 0 bridgehead atoms. The van der Waals surface area contributed by atoms with Gasteiger partial charge in [0.15, 0.2) is 5.96 Å². The van der Waals surface area contributed by atoms with Crippen LogP contribution in [-0.2, 0) is 12.8 Å². The Hall–Kier alpha value is -1.10. The fourth-order valence-electron chi connectivity index (χ4n) is 1.70. The van der Waals surface area contributed by atoms with Gasteiger partial charge in [0.25, 0.3) is 0 Å². The van der Waals surface area contributed by atoms with E-state index in [1.165, 1.54) is 15.6 Å². The molecule has 5 heteroatoms. The average molecular weight is 268 g/mol. The SMILES string of the molecule is CCNC(=NCCc1nc(CC)c(C)s1)NCC. The Morgan fingerprint density at radius 1 is 1.22 bits per heavy atom. The molecule has 1 aromatic rings. The smallest absolute Gasteiger partial charge is 0.191 e. The van der Waals surface area contributed by atoms with E-state index in [9.17, 15) is 0 Å². The molecule has 0 aliphatic heterocycles. The molecule has 0 unspecified atom stereocenters. The molecule has 0 aromatic carbocycles. The molecule has 0 radical (unpaired) electrons. The Balaban J connectivity index is 2.49. The number of aliphatic imine (C=N–C) groups is 1. The Morgan fingerprint density at radius 2 is 1.89 bits per heavy atom. The number of thiazole rings is 1. The predicted molar refractivity (Wildman–Crippen MR) is 79.6 cm³/mol. The van der Waals surface area contributed by atoms with Crippen molar-refractivity contribution in [2.45, 2.75) is 40.5 Å². The van der Waals surface area contributed by atoms with Gasteiger partial charge in [-0.25, -0.2) is 4.98 Å². The Labute approximate surface area is 114 Å². The zero-order chi connectivity index (χ0) is 13.4. The van der Waals surface area contributed by atoms with E-state index in [1.807, 2.05) is 0 Å². The predicted octanol–water partition coefficient (Wildman–Crippen LogP) is 2.13. The standard InChI is InChI=1S/C13H24N4S/c1-5-11-10(4)18-12(17-11)8-9-16-13(14-6-2)15-7-3/h5-9H2,1-4H3,(H2,14,15,16). The molecule has 102 valence electrons. The Bertz CT molecular complexity index is 376. The zero-order valence-corrected chi connectivity index (χ0v) is 12.7. The van der Waals surface area contributed by atoms with Gasteiger partial charge in [-0.05, 0) is 27.2 Å². The van der Waals surface area contributed by atoms with Gasteiger partial charge in [0.1, 0.15) is 0 Å². The number of guanidine groups is 1. The van der Waals surface area contributed by atoms with Crippen molar-refractivity contribution in [3.63, 3.8) is 0 Å². The van der Waals surface area contributed by atoms with Crippen molar-refractivity contribution >= 4 is 17.3 Å². The van der Waals surface area contributed by atoms with Gasteiger partial charge in [0.2, 0.25) is 0 Å². The minimum Gasteiger partial charge on any atom is -0.357 e. The minimum atomic E-state index is 0.783. The average Bonchev–Trinajstić information content (AvgIpc) is 2.70. The highest BCUT2D eigenvalue weighted by Crippen LogP contribution is 2.18. The summed E-state index contributed by atoms with van der Waals surface area (Å²) in [6.07, 6.45) is 1.94. The number of aryl methyl sites for hydroxylation is 2. The number of nitrogens with zero attached hydrogens (tertiary/aromatic N) is 2. The second-order valence-electron chi connectivity index (χ2n) is 4.01. The quantitative estimate of drug-likeness (QED) is 0.614. The highest BCUT2D eigenvalue weighted by molar-refractivity contribution is 7.11. The Morgan fingerprint density at radius 3 is 2.39 bits per heavy atom. The van der Waals surface area contributed by atoms with Crippen molar-refractivity contribution < 1.29 is 0 Å². The molecule has 0 fully saturated rings. The van der Waals surface area contributed by atoms with Gasteiger partial charge < -0.3 is 10.6 Å². The highest BCUT2D eigenvalue weighted by Gasteiger charge is 2.05. The van der Waals surface area contributed by atoms with Gasteiger partial charge >= 0.3 is 0 Å². The van der Waals surface area contributed by atoms with E-state index in [4.69, 9.17) is 0 Å². The monoisotopic (exact) mass is 268 g/mol. The molecule has 1 heterocycles. The maximum Gasteiger partial charge on any atom is 0.191 e. The van der Waals surface area contributed by atoms with E-state index in [0.717, 1.165) is 38.4 Å². The third-order valence-electron chi connectivity index (χ3n) is 2.56. The van der Waals surface area contributed by atoms with Crippen LogP contribution < -0.4 is 10.6 Å². The lowest BCUT2D eigenvalue weighted by molar-refractivity contribution is 0.830. The summed E-state index contributed by atoms with van der Waals surface area (Å²) in [4.78, 5) is 10.5. The molecule has 0 amide bonds. The van der Waals surface area contributed by atoms with Crippen LogP contribution in [0.15, 0.2) is 4.99 Å². The zero-order valence-electron chi connectivity index (χ0n) is 11.8. The van der Waals surface area contributed by atoms with Crippen LogP contribution >= 0.6 is 11.3 Å². The summed E-state index contributed by atoms with van der Waals surface area (Å²) in [5, 5.41) is 7.63. The van der Waals surface area contributed by atoms with Gasteiger partial charge in [0, 0.05) is 30.9 Å². The first-order chi connectivity index (χ1) is 8.71. The highest BCUT2D eigenvalue weighted by atomic mass is 32.1. The van der Waals surface area contributed by atoms with Gasteiger partial charge in [-0.1, -0.05) is 6.92 Å². The van der Waals surface area contributed by atoms with Crippen LogP contribution in [0, 0.1) is 6.92 Å². The molecule has 1 rings (SSSR count). The lowest BCUT2D eigenvalue weighted by Crippen LogP contribution is -2.37. The molecule has 0 aliphatic carbocycles. The molecule has 0 saturated heterocycles. The van der Waals surface area contributed by atoms with Crippen molar-refractivity contribution in [1.82, 2.24) is 15.6 Å². The summed E-state index contributed by atoms with van der Waals surface area (Å²) >= 11 is 1.80. The lowest BCUT2D eigenvalue weighted by atomic mass is 10.3. The maximum atomic E-state index is 4.63. The summed E-state index contributed by atoms with van der Waals surface area (Å²) in [6.45, 7) is 11.0. The minimum absolute atomic E-state index is 0.783. The lowest BCUT2D eigenvalue weighted by Gasteiger charge is -2.08. The first kappa shape index (κ1) is 15.0. The van der Waals surface area contributed by atoms with Crippen molar-refractivity contribution in [3.8, 4) is 0 Å². The van der Waals surface area contributed by atoms with Crippen LogP contribution in [0.25, 0.3) is 0 Å². The third kappa shape index (κ3) is 4.64. The van der Waals surface area contributed by atoms with E-state index in [-0.39, 0.29) is 0 Å². The van der Waals surface area contributed by atoms with Crippen molar-refractivity contribution in [2.75, 3.05) is 19.6 Å². The van der Waals surface area contributed by atoms with E-state index >= 15 is 0 Å². The normalized spacial score (nSPS) is 10.2. The van der Waals surface area contributed by atoms with Crippen LogP contribution in [0.3, 0.4) is 0 Å². The van der Waals surface area contributed by atoms with Crippen molar-refractivity contribution in [3.05, 3.63) is 15.6 Å². The molecule has 18 heavy (non-hydrogen) atoms. The molecule has 2 N–H and O–H groups in total. The van der Waals surface area contributed by atoms with E-state index in [1.54, 1.807) is 11.3 Å². The first-order valence-corrected chi connectivity index (χ1v) is 7.50. The molecule has 4 nitrogen and oxygen atoms in total. The van der Waals surface area contributed by atoms with Crippen LogP contribution in [-0.4, -0.2) is 30.6 Å². The number of hydrogen-bond donors (Lipinski definition) is 2.